The van der Waals surface area contributed by atoms with Gasteiger partial charge in [-0.3, -0.25) is 9.59 Å². The Morgan fingerprint density at radius 2 is 2.05 bits per heavy atom. The summed E-state index contributed by atoms with van der Waals surface area (Å²) in [5.41, 5.74) is 1.83. The molecule has 0 aliphatic carbocycles. The molecule has 0 aromatic heterocycles. The second kappa shape index (κ2) is 7.94. The van der Waals surface area contributed by atoms with Gasteiger partial charge in [-0.2, -0.15) is 0 Å². The molecule has 0 spiro atoms. The lowest BCUT2D eigenvalue weighted by atomic mass is 10.0. The van der Waals surface area contributed by atoms with E-state index in [-0.39, 0.29) is 18.9 Å². The summed E-state index contributed by atoms with van der Waals surface area (Å²) in [5, 5.41) is 8.96. The zero-order chi connectivity index (χ0) is 15.9. The van der Waals surface area contributed by atoms with E-state index < -0.39 is 12.0 Å². The fraction of sp³-hybridized carbons (Fsp3) is 0.529. The Morgan fingerprint density at radius 3 is 2.68 bits per heavy atom. The van der Waals surface area contributed by atoms with Gasteiger partial charge in [0.25, 0.3) is 5.91 Å². The third-order valence-corrected chi connectivity index (χ3v) is 3.92. The zero-order valence-electron chi connectivity index (χ0n) is 13.0. The molecule has 1 aliphatic heterocycles. The SMILES string of the molecule is CCCCc1ccc(C(=O)N2CCOCC2CC(=O)O)cc1. The summed E-state index contributed by atoms with van der Waals surface area (Å²) >= 11 is 0. The largest absolute Gasteiger partial charge is 0.481 e. The molecule has 1 aliphatic rings. The Balaban J connectivity index is 2.06. The van der Waals surface area contributed by atoms with Crippen LogP contribution < -0.4 is 0 Å². The second-order valence-corrected chi connectivity index (χ2v) is 5.63. The molecule has 1 aromatic carbocycles. The summed E-state index contributed by atoms with van der Waals surface area (Å²) in [5.74, 6) is -1.03. The highest BCUT2D eigenvalue weighted by Gasteiger charge is 2.29. The average molecular weight is 305 g/mol. The highest BCUT2D eigenvalue weighted by Crippen LogP contribution is 2.16. The normalized spacial score (nSPS) is 18.2. The number of carboxylic acids is 1. The fourth-order valence-electron chi connectivity index (χ4n) is 2.65. The molecule has 120 valence electrons. The van der Waals surface area contributed by atoms with Gasteiger partial charge >= 0.3 is 5.97 Å². The van der Waals surface area contributed by atoms with Crippen LogP contribution >= 0.6 is 0 Å². The molecule has 1 atom stereocenters. The number of unbranched alkanes of at least 4 members (excludes halogenated alkanes) is 1. The molecule has 1 aromatic rings. The molecule has 2 rings (SSSR count). The standard InChI is InChI=1S/C17H23NO4/c1-2-3-4-13-5-7-14(8-6-13)17(21)18-9-10-22-12-15(18)11-16(19)20/h5-8,15H,2-4,9-12H2,1H3,(H,19,20). The first-order valence-electron chi connectivity index (χ1n) is 7.81. The van der Waals surface area contributed by atoms with Crippen molar-refractivity contribution in [3.63, 3.8) is 0 Å². The minimum atomic E-state index is -0.914. The van der Waals surface area contributed by atoms with Crippen LogP contribution in [0.3, 0.4) is 0 Å². The van der Waals surface area contributed by atoms with Crippen LogP contribution in [-0.2, 0) is 16.0 Å². The number of morpholine rings is 1. The minimum Gasteiger partial charge on any atom is -0.481 e. The lowest BCUT2D eigenvalue weighted by Crippen LogP contribution is -2.49. The number of carboxylic acid groups (broad SMARTS) is 1. The van der Waals surface area contributed by atoms with Crippen molar-refractivity contribution in [1.29, 1.82) is 0 Å². The molecular weight excluding hydrogens is 282 g/mol. The number of aryl methyl sites for hydroxylation is 1. The summed E-state index contributed by atoms with van der Waals surface area (Å²) in [6.07, 6.45) is 3.22. The number of nitrogens with zero attached hydrogens (tertiary/aromatic N) is 1. The van der Waals surface area contributed by atoms with Crippen LogP contribution in [0.25, 0.3) is 0 Å². The van der Waals surface area contributed by atoms with Crippen LogP contribution in [-0.4, -0.2) is 47.7 Å². The topological polar surface area (TPSA) is 66.8 Å². The molecule has 1 amide bonds. The van der Waals surface area contributed by atoms with Crippen molar-refractivity contribution in [2.45, 2.75) is 38.6 Å². The van der Waals surface area contributed by atoms with Crippen LogP contribution in [0, 0.1) is 0 Å². The maximum absolute atomic E-state index is 12.6. The molecule has 5 nitrogen and oxygen atoms in total. The second-order valence-electron chi connectivity index (χ2n) is 5.63. The van der Waals surface area contributed by atoms with Crippen molar-refractivity contribution >= 4 is 11.9 Å². The predicted octanol–water partition coefficient (Wildman–Crippen LogP) is 2.34. The smallest absolute Gasteiger partial charge is 0.305 e. The number of carbonyl (C=O) groups excluding carboxylic acids is 1. The molecule has 0 bridgehead atoms. The Bertz CT molecular complexity index is 512. The maximum Gasteiger partial charge on any atom is 0.305 e. The number of rotatable bonds is 6. The molecule has 1 unspecified atom stereocenters. The van der Waals surface area contributed by atoms with E-state index in [1.807, 2.05) is 24.3 Å². The van der Waals surface area contributed by atoms with Crippen molar-refractivity contribution in [2.24, 2.45) is 0 Å². The van der Waals surface area contributed by atoms with Crippen molar-refractivity contribution < 1.29 is 19.4 Å². The van der Waals surface area contributed by atoms with Crippen molar-refractivity contribution in [3.8, 4) is 0 Å². The zero-order valence-corrected chi connectivity index (χ0v) is 13.0. The molecule has 0 saturated carbocycles. The van der Waals surface area contributed by atoms with Gasteiger partial charge in [0, 0.05) is 12.1 Å². The minimum absolute atomic E-state index is 0.0830. The van der Waals surface area contributed by atoms with Crippen molar-refractivity contribution in [2.75, 3.05) is 19.8 Å². The van der Waals surface area contributed by atoms with Gasteiger partial charge in [0.2, 0.25) is 0 Å². The summed E-state index contributed by atoms with van der Waals surface area (Å²) in [6, 6.07) is 7.24. The van der Waals surface area contributed by atoms with E-state index in [1.165, 1.54) is 5.56 Å². The van der Waals surface area contributed by atoms with Gasteiger partial charge in [-0.1, -0.05) is 25.5 Å². The Hall–Kier alpha value is -1.88. The summed E-state index contributed by atoms with van der Waals surface area (Å²) in [7, 11) is 0. The molecule has 1 fully saturated rings. The molecule has 1 N–H and O–H groups in total. The lowest BCUT2D eigenvalue weighted by Gasteiger charge is -2.34. The van der Waals surface area contributed by atoms with Crippen LogP contribution in [0.1, 0.15) is 42.1 Å². The van der Waals surface area contributed by atoms with Gasteiger partial charge in [0.1, 0.15) is 0 Å². The number of amides is 1. The first kappa shape index (κ1) is 16.5. The molecule has 1 saturated heterocycles. The number of hydrogen-bond acceptors (Lipinski definition) is 3. The van der Waals surface area contributed by atoms with Crippen LogP contribution in [0.2, 0.25) is 0 Å². The molecule has 5 heteroatoms. The van der Waals surface area contributed by atoms with Crippen molar-refractivity contribution in [3.05, 3.63) is 35.4 Å². The average Bonchev–Trinajstić information content (AvgIpc) is 2.53. The van der Waals surface area contributed by atoms with E-state index in [9.17, 15) is 9.59 Å². The number of aliphatic carboxylic acids is 1. The lowest BCUT2D eigenvalue weighted by molar-refractivity contribution is -0.139. The Labute approximate surface area is 130 Å². The van der Waals surface area contributed by atoms with Gasteiger partial charge in [-0.15, -0.1) is 0 Å². The first-order chi connectivity index (χ1) is 10.6. The number of ether oxygens (including phenoxy) is 1. The summed E-state index contributed by atoms with van der Waals surface area (Å²) in [6.45, 7) is 3.33. The molecular formula is C17H23NO4. The number of benzene rings is 1. The van der Waals surface area contributed by atoms with Gasteiger partial charge < -0.3 is 14.7 Å². The van der Waals surface area contributed by atoms with E-state index in [2.05, 4.69) is 6.92 Å². The van der Waals surface area contributed by atoms with E-state index in [1.54, 1.807) is 4.90 Å². The quantitative estimate of drug-likeness (QED) is 0.876. The van der Waals surface area contributed by atoms with Crippen LogP contribution in [0.4, 0.5) is 0 Å². The Kier molecular flexibility index (Phi) is 5.95. The van der Waals surface area contributed by atoms with Gasteiger partial charge in [-0.05, 0) is 30.5 Å². The van der Waals surface area contributed by atoms with Gasteiger partial charge in [-0.25, -0.2) is 0 Å². The number of hydrogen-bond donors (Lipinski definition) is 1. The van der Waals surface area contributed by atoms with Crippen LogP contribution in [0.15, 0.2) is 24.3 Å². The summed E-state index contributed by atoms with van der Waals surface area (Å²) < 4.78 is 5.31. The number of carbonyl (C=O) groups is 2. The molecule has 0 radical (unpaired) electrons. The fourth-order valence-corrected chi connectivity index (χ4v) is 2.65. The van der Waals surface area contributed by atoms with Crippen molar-refractivity contribution in [1.82, 2.24) is 4.90 Å². The van der Waals surface area contributed by atoms with Gasteiger partial charge in [0.05, 0.1) is 25.7 Å². The third kappa shape index (κ3) is 4.31. The van der Waals surface area contributed by atoms with E-state index in [0.29, 0.717) is 18.7 Å². The molecule has 22 heavy (non-hydrogen) atoms. The third-order valence-electron chi connectivity index (χ3n) is 3.92. The van der Waals surface area contributed by atoms with E-state index >= 15 is 0 Å². The first-order valence-corrected chi connectivity index (χ1v) is 7.81. The highest BCUT2D eigenvalue weighted by atomic mass is 16.5. The summed E-state index contributed by atoms with van der Waals surface area (Å²) in [4.78, 5) is 25.1. The van der Waals surface area contributed by atoms with E-state index in [0.717, 1.165) is 19.3 Å². The Morgan fingerprint density at radius 1 is 1.32 bits per heavy atom. The van der Waals surface area contributed by atoms with E-state index in [4.69, 9.17) is 9.84 Å². The molecule has 1 heterocycles. The monoisotopic (exact) mass is 305 g/mol. The van der Waals surface area contributed by atoms with Crippen LogP contribution in [0.5, 0.6) is 0 Å². The predicted molar refractivity (Wildman–Crippen MR) is 83.0 cm³/mol. The maximum atomic E-state index is 12.6. The van der Waals surface area contributed by atoms with Gasteiger partial charge in [0.15, 0.2) is 0 Å². The highest BCUT2D eigenvalue weighted by molar-refractivity contribution is 5.94.